The molecule has 4 rings (SSSR count). The van der Waals surface area contributed by atoms with Crippen molar-refractivity contribution >= 4 is 38.5 Å². The molecule has 1 unspecified atom stereocenters. The van der Waals surface area contributed by atoms with Crippen molar-refractivity contribution in [1.29, 1.82) is 0 Å². The minimum Gasteiger partial charge on any atom is -0.355 e. The number of nitrogens with one attached hydrogen (secondary N) is 1. The molecule has 1 aliphatic heterocycles. The van der Waals surface area contributed by atoms with Crippen LogP contribution < -0.4 is 10.2 Å². The Kier molecular flexibility index (Phi) is 4.42. The van der Waals surface area contributed by atoms with Crippen molar-refractivity contribution in [3.05, 3.63) is 42.5 Å². The summed E-state index contributed by atoms with van der Waals surface area (Å²) < 4.78 is 2.97. The van der Waals surface area contributed by atoms with Crippen LogP contribution in [0.1, 0.15) is 12.2 Å². The van der Waals surface area contributed by atoms with Crippen molar-refractivity contribution in [2.75, 3.05) is 18.0 Å². The number of nitrogens with zero attached hydrogens (tertiary/aromatic N) is 4. The fourth-order valence-electron chi connectivity index (χ4n) is 3.12. The molecule has 0 saturated carbocycles. The molecule has 0 bridgehead atoms. The third-order valence-electron chi connectivity index (χ3n) is 4.58. The summed E-state index contributed by atoms with van der Waals surface area (Å²) in [6, 6.07) is 7.79. The molecule has 2 amide bonds. The summed E-state index contributed by atoms with van der Waals surface area (Å²) in [7, 11) is 1.93. The molecule has 0 spiro atoms. The fraction of sp³-hybridized carbons (Fsp3) is 0.333. The van der Waals surface area contributed by atoms with E-state index in [9.17, 15) is 9.59 Å². The number of hydrogen-bond acceptors (Lipinski definition) is 5. The number of amides is 2. The van der Waals surface area contributed by atoms with E-state index in [4.69, 9.17) is 0 Å². The van der Waals surface area contributed by atoms with Gasteiger partial charge in [-0.2, -0.15) is 0 Å². The number of aryl methyl sites for hydroxylation is 1. The molecule has 1 aromatic carbocycles. The van der Waals surface area contributed by atoms with Crippen molar-refractivity contribution < 1.29 is 9.59 Å². The van der Waals surface area contributed by atoms with E-state index in [1.54, 1.807) is 11.1 Å². The van der Waals surface area contributed by atoms with Gasteiger partial charge in [0.05, 0.1) is 16.1 Å². The lowest BCUT2D eigenvalue weighted by Gasteiger charge is -2.13. The quantitative estimate of drug-likeness (QED) is 0.743. The molecule has 134 valence electrons. The van der Waals surface area contributed by atoms with E-state index in [-0.39, 0.29) is 24.2 Å². The number of fused-ring (bicyclic) bond motifs is 1. The molecule has 1 saturated heterocycles. The van der Waals surface area contributed by atoms with Gasteiger partial charge in [-0.15, -0.1) is 0 Å². The molecule has 1 N–H and O–H groups in total. The zero-order valence-corrected chi connectivity index (χ0v) is 15.2. The molecule has 26 heavy (non-hydrogen) atoms. The van der Waals surface area contributed by atoms with Gasteiger partial charge in [-0.3, -0.25) is 14.5 Å². The van der Waals surface area contributed by atoms with Gasteiger partial charge in [0.1, 0.15) is 5.82 Å². The molecule has 0 aliphatic carbocycles. The van der Waals surface area contributed by atoms with Crippen LogP contribution in [0.25, 0.3) is 10.2 Å². The maximum atomic E-state index is 12.4. The number of rotatable bonds is 5. The predicted octanol–water partition coefficient (Wildman–Crippen LogP) is 1.74. The number of hydrogen-bond donors (Lipinski definition) is 1. The average Bonchev–Trinajstić information content (AvgIpc) is 3.33. The van der Waals surface area contributed by atoms with Crippen LogP contribution in [-0.2, 0) is 23.1 Å². The Balaban J connectivity index is 1.37. The minimum atomic E-state index is -0.337. The molecule has 3 aromatic rings. The second kappa shape index (κ2) is 6.87. The Morgan fingerprint density at radius 1 is 1.38 bits per heavy atom. The van der Waals surface area contributed by atoms with Crippen LogP contribution in [0, 0.1) is 5.92 Å². The number of carbonyl (C=O) groups excluding carboxylic acids is 2. The molecular formula is C18H19N5O2S. The number of imidazole rings is 1. The Morgan fingerprint density at radius 3 is 3.00 bits per heavy atom. The summed E-state index contributed by atoms with van der Waals surface area (Å²) >= 11 is 1.48. The Hall–Kier alpha value is -2.74. The summed E-state index contributed by atoms with van der Waals surface area (Å²) in [5.41, 5.74) is 0.878. The van der Waals surface area contributed by atoms with Crippen LogP contribution in [0.2, 0.25) is 0 Å². The Labute approximate surface area is 154 Å². The van der Waals surface area contributed by atoms with Gasteiger partial charge >= 0.3 is 0 Å². The molecular weight excluding hydrogens is 350 g/mol. The van der Waals surface area contributed by atoms with Gasteiger partial charge in [0, 0.05) is 45.4 Å². The zero-order valence-electron chi connectivity index (χ0n) is 14.4. The van der Waals surface area contributed by atoms with Gasteiger partial charge in [-0.1, -0.05) is 23.5 Å². The second-order valence-electron chi connectivity index (χ2n) is 6.36. The Morgan fingerprint density at radius 2 is 2.23 bits per heavy atom. The second-order valence-corrected chi connectivity index (χ2v) is 7.37. The van der Waals surface area contributed by atoms with Crippen molar-refractivity contribution in [2.45, 2.75) is 12.8 Å². The fourth-order valence-corrected chi connectivity index (χ4v) is 4.11. The van der Waals surface area contributed by atoms with Crippen molar-refractivity contribution in [3.8, 4) is 0 Å². The number of benzene rings is 1. The largest absolute Gasteiger partial charge is 0.355 e. The predicted molar refractivity (Wildman–Crippen MR) is 100 cm³/mol. The van der Waals surface area contributed by atoms with Gasteiger partial charge in [0.25, 0.3) is 0 Å². The maximum Gasteiger partial charge on any atom is 0.229 e. The minimum absolute atomic E-state index is 0.0479. The lowest BCUT2D eigenvalue weighted by atomic mass is 10.1. The van der Waals surface area contributed by atoms with Gasteiger partial charge < -0.3 is 9.88 Å². The summed E-state index contributed by atoms with van der Waals surface area (Å²) in [5.74, 6) is 0.448. The summed E-state index contributed by atoms with van der Waals surface area (Å²) in [6.45, 7) is 0.891. The third kappa shape index (κ3) is 3.20. The first-order valence-corrected chi connectivity index (χ1v) is 9.33. The molecule has 1 aliphatic rings. The average molecular weight is 369 g/mol. The smallest absolute Gasteiger partial charge is 0.229 e. The van der Waals surface area contributed by atoms with E-state index in [2.05, 4.69) is 15.3 Å². The number of thiazole rings is 1. The van der Waals surface area contributed by atoms with Gasteiger partial charge in [-0.05, 0) is 12.1 Å². The van der Waals surface area contributed by atoms with Crippen molar-refractivity contribution in [2.24, 2.45) is 13.0 Å². The standard InChI is InChI=1S/C18H19N5O2S/c1-22-9-8-19-15(22)6-7-20-17(25)12-10-16(24)23(11-12)18-21-13-4-2-3-5-14(13)26-18/h2-5,8-9,12H,6-7,10-11H2,1H3,(H,20,25). The summed E-state index contributed by atoms with van der Waals surface area (Å²) in [4.78, 5) is 35.2. The van der Waals surface area contributed by atoms with E-state index in [0.717, 1.165) is 16.0 Å². The molecule has 7 nitrogen and oxygen atoms in total. The molecule has 1 atom stereocenters. The van der Waals surface area contributed by atoms with Crippen LogP contribution in [-0.4, -0.2) is 39.4 Å². The van der Waals surface area contributed by atoms with Crippen LogP contribution in [0.4, 0.5) is 5.13 Å². The molecule has 8 heteroatoms. The number of anilines is 1. The van der Waals surface area contributed by atoms with Crippen LogP contribution in [0.15, 0.2) is 36.7 Å². The van der Waals surface area contributed by atoms with Crippen molar-refractivity contribution in [3.63, 3.8) is 0 Å². The Bertz CT molecular complexity index is 930. The highest BCUT2D eigenvalue weighted by molar-refractivity contribution is 7.22. The number of carbonyl (C=O) groups is 2. The monoisotopic (exact) mass is 369 g/mol. The highest BCUT2D eigenvalue weighted by Crippen LogP contribution is 2.32. The molecule has 0 radical (unpaired) electrons. The maximum absolute atomic E-state index is 12.4. The van der Waals surface area contributed by atoms with Gasteiger partial charge in [0.15, 0.2) is 5.13 Å². The topological polar surface area (TPSA) is 80.1 Å². The van der Waals surface area contributed by atoms with E-state index in [1.807, 2.05) is 42.1 Å². The van der Waals surface area contributed by atoms with E-state index >= 15 is 0 Å². The normalized spacial score (nSPS) is 17.2. The lowest BCUT2D eigenvalue weighted by molar-refractivity contribution is -0.126. The highest BCUT2D eigenvalue weighted by Gasteiger charge is 2.36. The first-order chi connectivity index (χ1) is 12.6. The van der Waals surface area contributed by atoms with Crippen LogP contribution in [0.5, 0.6) is 0 Å². The number of para-hydroxylation sites is 1. The van der Waals surface area contributed by atoms with Gasteiger partial charge in [0.2, 0.25) is 11.8 Å². The van der Waals surface area contributed by atoms with Crippen molar-refractivity contribution in [1.82, 2.24) is 19.9 Å². The highest BCUT2D eigenvalue weighted by atomic mass is 32.1. The van der Waals surface area contributed by atoms with E-state index in [1.165, 1.54) is 11.3 Å². The third-order valence-corrected chi connectivity index (χ3v) is 5.64. The lowest BCUT2D eigenvalue weighted by Crippen LogP contribution is -2.34. The SMILES string of the molecule is Cn1ccnc1CCNC(=O)C1CC(=O)N(c2nc3ccccc3s2)C1. The van der Waals surface area contributed by atoms with Gasteiger partial charge in [-0.25, -0.2) is 9.97 Å². The number of aromatic nitrogens is 3. The summed E-state index contributed by atoms with van der Waals surface area (Å²) in [5, 5.41) is 3.59. The molecule has 3 heterocycles. The first kappa shape index (κ1) is 16.7. The van der Waals surface area contributed by atoms with E-state index in [0.29, 0.717) is 24.6 Å². The zero-order chi connectivity index (χ0) is 18.1. The molecule has 2 aromatic heterocycles. The van der Waals surface area contributed by atoms with E-state index < -0.39 is 0 Å². The van der Waals surface area contributed by atoms with Crippen LogP contribution in [0.3, 0.4) is 0 Å². The first-order valence-electron chi connectivity index (χ1n) is 8.51. The summed E-state index contributed by atoms with van der Waals surface area (Å²) in [6.07, 6.45) is 4.51. The van der Waals surface area contributed by atoms with Crippen LogP contribution >= 0.6 is 11.3 Å². The molecule has 1 fully saturated rings.